The average Bonchev–Trinajstić information content (AvgIpc) is 2.45. The van der Waals surface area contributed by atoms with E-state index in [0.29, 0.717) is 19.5 Å². The Hall–Kier alpha value is -1.11. The molecule has 0 unspecified atom stereocenters. The summed E-state index contributed by atoms with van der Waals surface area (Å²) in [6, 6.07) is 7.83. The third-order valence-electron chi connectivity index (χ3n) is 3.97. The lowest BCUT2D eigenvalue weighted by molar-refractivity contribution is -0.237. The highest BCUT2D eigenvalue weighted by atomic mass is 19.4. The maximum Gasteiger partial charge on any atom is 0.415 e. The zero-order chi connectivity index (χ0) is 17.1. The second-order valence-corrected chi connectivity index (χ2v) is 6.77. The molecule has 1 aromatic rings. The molecule has 130 valence electrons. The highest BCUT2D eigenvalue weighted by Crippen LogP contribution is 2.26. The van der Waals surface area contributed by atoms with Crippen molar-refractivity contribution in [2.75, 3.05) is 19.7 Å². The number of hydrogen-bond donors (Lipinski definition) is 1. The minimum Gasteiger partial charge on any atom is -0.390 e. The Morgan fingerprint density at radius 3 is 2.35 bits per heavy atom. The van der Waals surface area contributed by atoms with E-state index < -0.39 is 17.9 Å². The Balaban J connectivity index is 1.88. The van der Waals surface area contributed by atoms with Gasteiger partial charge < -0.3 is 9.84 Å². The van der Waals surface area contributed by atoms with Crippen molar-refractivity contribution >= 4 is 0 Å². The summed E-state index contributed by atoms with van der Waals surface area (Å²) < 4.78 is 42.9. The number of benzene rings is 1. The first-order valence-electron chi connectivity index (χ1n) is 7.84. The summed E-state index contributed by atoms with van der Waals surface area (Å²) in [5.74, 6) is 0. The molecule has 3 nitrogen and oxygen atoms in total. The third kappa shape index (κ3) is 6.12. The van der Waals surface area contributed by atoms with E-state index in [1.54, 1.807) is 18.7 Å². The predicted molar refractivity (Wildman–Crippen MR) is 82.1 cm³/mol. The number of halogens is 3. The summed E-state index contributed by atoms with van der Waals surface area (Å²) in [6.45, 7) is 4.53. The van der Waals surface area contributed by atoms with Gasteiger partial charge in [-0.15, -0.1) is 0 Å². The second-order valence-electron chi connectivity index (χ2n) is 6.77. The number of aryl methyl sites for hydroxylation is 1. The number of nitrogens with zero attached hydrogens (tertiary/aromatic N) is 1. The normalized spacial score (nSPS) is 20.7. The summed E-state index contributed by atoms with van der Waals surface area (Å²) in [5, 5.41) is 9.73. The molecular formula is C17H24F3NO2. The fourth-order valence-corrected chi connectivity index (χ4v) is 2.56. The van der Waals surface area contributed by atoms with Gasteiger partial charge in [-0.05, 0) is 37.8 Å². The van der Waals surface area contributed by atoms with Gasteiger partial charge in [-0.25, -0.2) is 0 Å². The Morgan fingerprint density at radius 2 is 1.78 bits per heavy atom. The Labute approximate surface area is 135 Å². The van der Waals surface area contributed by atoms with Crippen molar-refractivity contribution in [2.24, 2.45) is 0 Å². The van der Waals surface area contributed by atoms with E-state index in [1.165, 1.54) is 0 Å². The van der Waals surface area contributed by atoms with E-state index in [9.17, 15) is 18.3 Å². The highest BCUT2D eigenvalue weighted by Gasteiger charge is 2.43. The van der Waals surface area contributed by atoms with E-state index in [0.717, 1.165) is 17.5 Å². The van der Waals surface area contributed by atoms with Gasteiger partial charge in [-0.2, -0.15) is 13.2 Å². The van der Waals surface area contributed by atoms with Crippen LogP contribution in [0.2, 0.25) is 0 Å². The zero-order valence-electron chi connectivity index (χ0n) is 13.6. The SMILES string of the molecule is CC(C)(O)CCc1ccc(CN2CCO[C@@H](C(F)(F)F)C2)cc1. The van der Waals surface area contributed by atoms with Crippen LogP contribution in [-0.4, -0.2) is 47.6 Å². The van der Waals surface area contributed by atoms with Crippen LogP contribution in [-0.2, 0) is 17.7 Å². The van der Waals surface area contributed by atoms with E-state index >= 15 is 0 Å². The number of alkyl halides is 3. The molecule has 1 N–H and O–H groups in total. The van der Waals surface area contributed by atoms with Gasteiger partial charge >= 0.3 is 6.18 Å². The van der Waals surface area contributed by atoms with Gasteiger partial charge in [0.1, 0.15) is 0 Å². The van der Waals surface area contributed by atoms with Crippen LogP contribution in [0.15, 0.2) is 24.3 Å². The Bertz CT molecular complexity index is 494. The number of ether oxygens (including phenoxy) is 1. The van der Waals surface area contributed by atoms with Crippen molar-refractivity contribution in [1.29, 1.82) is 0 Å². The molecule has 2 rings (SSSR count). The van der Waals surface area contributed by atoms with Crippen molar-refractivity contribution in [2.45, 2.75) is 51.1 Å². The third-order valence-corrected chi connectivity index (χ3v) is 3.97. The topological polar surface area (TPSA) is 32.7 Å². The van der Waals surface area contributed by atoms with E-state index in [-0.39, 0.29) is 13.2 Å². The predicted octanol–water partition coefficient (Wildman–Crippen LogP) is 3.15. The first-order valence-corrected chi connectivity index (χ1v) is 7.84. The van der Waals surface area contributed by atoms with Gasteiger partial charge in [-0.3, -0.25) is 4.90 Å². The fourth-order valence-electron chi connectivity index (χ4n) is 2.56. The number of hydrogen-bond acceptors (Lipinski definition) is 3. The van der Waals surface area contributed by atoms with Crippen LogP contribution < -0.4 is 0 Å². The van der Waals surface area contributed by atoms with Gasteiger partial charge in [0.15, 0.2) is 6.10 Å². The molecule has 1 aliphatic heterocycles. The highest BCUT2D eigenvalue weighted by molar-refractivity contribution is 5.22. The van der Waals surface area contributed by atoms with Gasteiger partial charge in [0, 0.05) is 19.6 Å². The van der Waals surface area contributed by atoms with Crippen molar-refractivity contribution in [1.82, 2.24) is 4.90 Å². The Morgan fingerprint density at radius 1 is 1.17 bits per heavy atom. The molecule has 0 spiro atoms. The van der Waals surface area contributed by atoms with Gasteiger partial charge in [0.2, 0.25) is 0 Å². The average molecular weight is 331 g/mol. The van der Waals surface area contributed by atoms with Crippen LogP contribution in [0.5, 0.6) is 0 Å². The van der Waals surface area contributed by atoms with Crippen LogP contribution in [0, 0.1) is 0 Å². The molecule has 6 heteroatoms. The van der Waals surface area contributed by atoms with Crippen molar-refractivity contribution in [3.63, 3.8) is 0 Å². The number of rotatable bonds is 5. The minimum atomic E-state index is -4.31. The molecule has 1 fully saturated rings. The molecule has 0 bridgehead atoms. The van der Waals surface area contributed by atoms with E-state index in [1.807, 2.05) is 24.3 Å². The van der Waals surface area contributed by atoms with Crippen LogP contribution in [0.4, 0.5) is 13.2 Å². The van der Waals surface area contributed by atoms with Crippen molar-refractivity contribution in [3.8, 4) is 0 Å². The molecular weight excluding hydrogens is 307 g/mol. The van der Waals surface area contributed by atoms with Gasteiger partial charge in [-0.1, -0.05) is 24.3 Å². The summed E-state index contributed by atoms with van der Waals surface area (Å²) >= 11 is 0. The molecule has 1 aromatic carbocycles. The summed E-state index contributed by atoms with van der Waals surface area (Å²) in [5.41, 5.74) is 1.41. The van der Waals surface area contributed by atoms with E-state index in [2.05, 4.69) is 0 Å². The lowest BCUT2D eigenvalue weighted by Gasteiger charge is -2.33. The first-order chi connectivity index (χ1) is 10.6. The largest absolute Gasteiger partial charge is 0.415 e. The molecule has 23 heavy (non-hydrogen) atoms. The van der Waals surface area contributed by atoms with Crippen LogP contribution in [0.1, 0.15) is 31.4 Å². The second kappa shape index (κ2) is 7.20. The molecule has 0 radical (unpaired) electrons. The van der Waals surface area contributed by atoms with Gasteiger partial charge in [0.05, 0.1) is 12.2 Å². The molecule has 1 heterocycles. The molecule has 1 atom stereocenters. The summed E-state index contributed by atoms with van der Waals surface area (Å²) in [4.78, 5) is 1.77. The molecule has 0 aromatic heterocycles. The summed E-state index contributed by atoms with van der Waals surface area (Å²) in [7, 11) is 0. The van der Waals surface area contributed by atoms with E-state index in [4.69, 9.17) is 4.74 Å². The lowest BCUT2D eigenvalue weighted by atomic mass is 9.98. The molecule has 0 saturated carbocycles. The van der Waals surface area contributed by atoms with Crippen molar-refractivity contribution in [3.05, 3.63) is 35.4 Å². The quantitative estimate of drug-likeness (QED) is 0.900. The molecule has 1 saturated heterocycles. The standard InChI is InChI=1S/C17H24F3NO2/c1-16(2,22)8-7-13-3-5-14(6-4-13)11-21-9-10-23-15(12-21)17(18,19)20/h3-6,15,22H,7-12H2,1-2H3/t15-/m1/s1. The number of morpholine rings is 1. The van der Waals surface area contributed by atoms with Crippen LogP contribution in [0.3, 0.4) is 0 Å². The summed E-state index contributed by atoms with van der Waals surface area (Å²) in [6.07, 6.45) is -4.55. The van der Waals surface area contributed by atoms with Crippen LogP contribution in [0.25, 0.3) is 0 Å². The molecule has 1 aliphatic rings. The van der Waals surface area contributed by atoms with Crippen molar-refractivity contribution < 1.29 is 23.0 Å². The zero-order valence-corrected chi connectivity index (χ0v) is 13.6. The maximum atomic E-state index is 12.7. The molecule has 0 amide bonds. The first kappa shape index (κ1) is 18.2. The maximum absolute atomic E-state index is 12.7. The smallest absolute Gasteiger partial charge is 0.390 e. The van der Waals surface area contributed by atoms with Gasteiger partial charge in [0.25, 0.3) is 0 Å². The van der Waals surface area contributed by atoms with Crippen LogP contribution >= 0.6 is 0 Å². The lowest BCUT2D eigenvalue weighted by Crippen LogP contribution is -2.48. The fraction of sp³-hybridized carbons (Fsp3) is 0.647. The minimum absolute atomic E-state index is 0.105. The Kier molecular flexibility index (Phi) is 5.70. The monoisotopic (exact) mass is 331 g/mol. The number of aliphatic hydroxyl groups is 1. The molecule has 0 aliphatic carbocycles.